The van der Waals surface area contributed by atoms with Gasteiger partial charge in [-0.25, -0.2) is 8.42 Å². The number of ether oxygens (including phenoxy) is 1. The molecule has 0 N–H and O–H groups in total. The van der Waals surface area contributed by atoms with Crippen molar-refractivity contribution in [3.8, 4) is 0 Å². The zero-order chi connectivity index (χ0) is 18.5. The molecule has 136 valence electrons. The average molecular weight is 388 g/mol. The van der Waals surface area contributed by atoms with Gasteiger partial charge in [-0.2, -0.15) is 17.5 Å². The Morgan fingerprint density at radius 2 is 1.92 bits per heavy atom. The highest BCUT2D eigenvalue weighted by molar-refractivity contribution is 7.89. The second-order valence-electron chi connectivity index (χ2n) is 4.78. The van der Waals surface area contributed by atoms with Crippen molar-refractivity contribution in [3.63, 3.8) is 0 Å². The van der Waals surface area contributed by atoms with Crippen molar-refractivity contribution in [1.29, 1.82) is 0 Å². The number of benzene rings is 1. The van der Waals surface area contributed by atoms with Gasteiger partial charge in [-0.05, 0) is 31.5 Å². The van der Waals surface area contributed by atoms with Crippen molar-refractivity contribution in [2.75, 3.05) is 19.7 Å². The summed E-state index contributed by atoms with van der Waals surface area (Å²) in [7, 11) is -4.55. The van der Waals surface area contributed by atoms with E-state index >= 15 is 0 Å². The van der Waals surface area contributed by atoms with Crippen LogP contribution in [-0.4, -0.2) is 38.4 Å². The Kier molecular flexibility index (Phi) is 7.06. The Bertz CT molecular complexity index is 692. The smallest absolute Gasteiger partial charge is 0.417 e. The lowest BCUT2D eigenvalue weighted by Crippen LogP contribution is -2.38. The third-order valence-corrected chi connectivity index (χ3v) is 5.09. The molecule has 0 saturated carbocycles. The second-order valence-corrected chi connectivity index (χ2v) is 7.12. The van der Waals surface area contributed by atoms with Gasteiger partial charge >= 0.3 is 12.1 Å². The summed E-state index contributed by atoms with van der Waals surface area (Å²) in [6, 6.07) is 2.38. The molecule has 0 saturated heterocycles. The van der Waals surface area contributed by atoms with Gasteiger partial charge in [-0.3, -0.25) is 4.79 Å². The fourth-order valence-electron chi connectivity index (χ4n) is 1.97. The van der Waals surface area contributed by atoms with Crippen molar-refractivity contribution in [2.24, 2.45) is 0 Å². The van der Waals surface area contributed by atoms with E-state index in [-0.39, 0.29) is 18.2 Å². The molecular weight excluding hydrogens is 371 g/mol. The summed E-state index contributed by atoms with van der Waals surface area (Å²) in [5.74, 6) is -0.836. The van der Waals surface area contributed by atoms with E-state index in [9.17, 15) is 26.4 Å². The number of sulfonamides is 1. The fraction of sp³-hybridized carbons (Fsp3) is 0.500. The third kappa shape index (κ3) is 5.09. The molecule has 10 heteroatoms. The van der Waals surface area contributed by atoms with Crippen LogP contribution in [0, 0.1) is 0 Å². The van der Waals surface area contributed by atoms with E-state index in [1.165, 1.54) is 6.92 Å². The number of alkyl halides is 3. The lowest BCUT2D eigenvalue weighted by atomic mass is 10.2. The Labute approximate surface area is 143 Å². The SMILES string of the molecule is CCCN(CC(=O)OCC)S(=O)(=O)c1ccc(Cl)cc1C(F)(F)F. The van der Waals surface area contributed by atoms with Crippen LogP contribution < -0.4 is 0 Å². The van der Waals surface area contributed by atoms with Gasteiger partial charge in [0.25, 0.3) is 0 Å². The molecule has 0 amide bonds. The molecule has 0 aromatic heterocycles. The van der Waals surface area contributed by atoms with Crippen LogP contribution >= 0.6 is 11.6 Å². The molecule has 1 aromatic carbocycles. The maximum atomic E-state index is 13.2. The van der Waals surface area contributed by atoms with E-state index < -0.39 is 39.2 Å². The van der Waals surface area contributed by atoms with Gasteiger partial charge in [0.2, 0.25) is 10.0 Å². The monoisotopic (exact) mass is 387 g/mol. The first-order chi connectivity index (χ1) is 11.0. The normalized spacial score (nSPS) is 12.5. The van der Waals surface area contributed by atoms with Crippen LogP contribution in [0.1, 0.15) is 25.8 Å². The lowest BCUT2D eigenvalue weighted by molar-refractivity contribution is -0.143. The van der Waals surface area contributed by atoms with E-state index in [1.807, 2.05) is 0 Å². The molecule has 0 aliphatic rings. The highest BCUT2D eigenvalue weighted by Crippen LogP contribution is 2.36. The summed E-state index contributed by atoms with van der Waals surface area (Å²) in [4.78, 5) is 10.6. The van der Waals surface area contributed by atoms with Crippen LogP contribution in [0.15, 0.2) is 23.1 Å². The number of hydrogen-bond acceptors (Lipinski definition) is 4. The van der Waals surface area contributed by atoms with Crippen molar-refractivity contribution in [3.05, 3.63) is 28.8 Å². The van der Waals surface area contributed by atoms with Gasteiger partial charge in [-0.15, -0.1) is 0 Å². The van der Waals surface area contributed by atoms with Crippen molar-refractivity contribution < 1.29 is 31.1 Å². The molecule has 0 unspecified atom stereocenters. The molecule has 0 heterocycles. The van der Waals surface area contributed by atoms with E-state index in [0.717, 1.165) is 12.1 Å². The standard InChI is InChI=1S/C14H17ClF3NO4S/c1-3-7-19(9-13(20)23-4-2)24(21,22)12-6-5-10(15)8-11(12)14(16,17)18/h5-6,8H,3-4,7,9H2,1-2H3. The number of nitrogens with zero attached hydrogens (tertiary/aromatic N) is 1. The quantitative estimate of drug-likeness (QED) is 0.673. The van der Waals surface area contributed by atoms with Crippen LogP contribution in [0.3, 0.4) is 0 Å². The van der Waals surface area contributed by atoms with Gasteiger partial charge in [0.05, 0.1) is 17.1 Å². The lowest BCUT2D eigenvalue weighted by Gasteiger charge is -2.23. The van der Waals surface area contributed by atoms with E-state index in [2.05, 4.69) is 4.74 Å². The summed E-state index contributed by atoms with van der Waals surface area (Å²) >= 11 is 5.56. The van der Waals surface area contributed by atoms with Gasteiger partial charge in [0, 0.05) is 11.6 Å². The second kappa shape index (κ2) is 8.17. The number of esters is 1. The molecule has 0 aliphatic heterocycles. The maximum absolute atomic E-state index is 13.2. The van der Waals surface area contributed by atoms with E-state index in [1.54, 1.807) is 6.92 Å². The van der Waals surface area contributed by atoms with E-state index in [0.29, 0.717) is 16.8 Å². The molecule has 5 nitrogen and oxygen atoms in total. The van der Waals surface area contributed by atoms with Gasteiger partial charge in [-0.1, -0.05) is 18.5 Å². The summed E-state index contributed by atoms with van der Waals surface area (Å²) in [5.41, 5.74) is -1.38. The largest absolute Gasteiger partial charge is 0.465 e. The first-order valence-electron chi connectivity index (χ1n) is 7.06. The Hall–Kier alpha value is -1.32. The van der Waals surface area contributed by atoms with E-state index in [4.69, 9.17) is 11.6 Å². The minimum atomic E-state index is -4.91. The molecule has 0 bridgehead atoms. The highest BCUT2D eigenvalue weighted by Gasteiger charge is 2.39. The van der Waals surface area contributed by atoms with Crippen molar-refractivity contribution in [1.82, 2.24) is 4.31 Å². The first kappa shape index (κ1) is 20.7. The minimum absolute atomic E-state index is 0.0353. The molecular formula is C14H17ClF3NO4S. The molecule has 1 rings (SSSR count). The predicted molar refractivity (Wildman–Crippen MR) is 82.1 cm³/mol. The molecule has 0 atom stereocenters. The van der Waals surface area contributed by atoms with Crippen LogP contribution in [0.25, 0.3) is 0 Å². The Morgan fingerprint density at radius 1 is 1.29 bits per heavy atom. The third-order valence-electron chi connectivity index (χ3n) is 2.95. The fourth-order valence-corrected chi connectivity index (χ4v) is 3.81. The molecule has 0 radical (unpaired) electrons. The van der Waals surface area contributed by atoms with Crippen LogP contribution in [-0.2, 0) is 25.7 Å². The Morgan fingerprint density at radius 3 is 2.42 bits per heavy atom. The minimum Gasteiger partial charge on any atom is -0.465 e. The first-order valence-corrected chi connectivity index (χ1v) is 8.88. The van der Waals surface area contributed by atoms with Crippen LogP contribution in [0.2, 0.25) is 5.02 Å². The van der Waals surface area contributed by atoms with Gasteiger partial charge in [0.15, 0.2) is 0 Å². The summed E-state index contributed by atoms with van der Waals surface area (Å²) in [6.45, 7) is 2.43. The summed E-state index contributed by atoms with van der Waals surface area (Å²) < 4.78 is 70.1. The molecule has 1 aromatic rings. The molecule has 24 heavy (non-hydrogen) atoms. The van der Waals surface area contributed by atoms with Crippen LogP contribution in [0.5, 0.6) is 0 Å². The number of hydrogen-bond donors (Lipinski definition) is 0. The van der Waals surface area contributed by atoms with Gasteiger partial charge < -0.3 is 4.74 Å². The highest BCUT2D eigenvalue weighted by atomic mass is 35.5. The zero-order valence-corrected chi connectivity index (χ0v) is 14.6. The summed E-state index contributed by atoms with van der Waals surface area (Å²) in [5, 5.41) is -0.242. The molecule has 0 spiro atoms. The molecule has 0 aliphatic carbocycles. The van der Waals surface area contributed by atoms with Crippen LogP contribution in [0.4, 0.5) is 13.2 Å². The molecule has 0 fully saturated rings. The number of carbonyl (C=O) groups excluding carboxylic acids is 1. The predicted octanol–water partition coefficient (Wildman–Crippen LogP) is 3.32. The summed E-state index contributed by atoms with van der Waals surface area (Å²) in [6.07, 6.45) is -4.59. The number of halogens is 4. The maximum Gasteiger partial charge on any atom is 0.417 e. The van der Waals surface area contributed by atoms with Crippen molar-refractivity contribution >= 4 is 27.6 Å². The zero-order valence-electron chi connectivity index (χ0n) is 13.1. The number of carbonyl (C=O) groups is 1. The topological polar surface area (TPSA) is 63.7 Å². The van der Waals surface area contributed by atoms with Crippen molar-refractivity contribution in [2.45, 2.75) is 31.3 Å². The van der Waals surface area contributed by atoms with Gasteiger partial charge in [0.1, 0.15) is 6.54 Å². The number of rotatable bonds is 7. The Balaban J connectivity index is 3.37. The average Bonchev–Trinajstić information content (AvgIpc) is 2.45.